The average molecular weight is 459 g/mol. The van der Waals surface area contributed by atoms with Crippen LogP contribution in [0.3, 0.4) is 0 Å². The Morgan fingerprint density at radius 1 is 1.36 bits per heavy atom. The van der Waals surface area contributed by atoms with Gasteiger partial charge in [0.25, 0.3) is 5.69 Å². The third-order valence-corrected chi connectivity index (χ3v) is 6.69. The number of carbonyl (C=O) groups is 2. The molecule has 1 aliphatic heterocycles. The van der Waals surface area contributed by atoms with Gasteiger partial charge in [0.2, 0.25) is 5.60 Å². The van der Waals surface area contributed by atoms with Gasteiger partial charge in [0.15, 0.2) is 0 Å². The Labute approximate surface area is 158 Å². The van der Waals surface area contributed by atoms with Crippen molar-refractivity contribution in [2.75, 3.05) is 0 Å². The van der Waals surface area contributed by atoms with Crippen molar-refractivity contribution < 1.29 is 24.0 Å². The van der Waals surface area contributed by atoms with E-state index in [2.05, 4.69) is 0 Å². The maximum Gasteiger partial charge on any atom is 0.351 e. The van der Waals surface area contributed by atoms with E-state index in [1.165, 1.54) is 6.07 Å². The van der Waals surface area contributed by atoms with Gasteiger partial charge in [-0.15, -0.1) is 0 Å². The van der Waals surface area contributed by atoms with Crippen LogP contribution >= 0.6 is 22.6 Å². The van der Waals surface area contributed by atoms with E-state index in [4.69, 9.17) is 9.47 Å². The molecule has 0 unspecified atom stereocenters. The Morgan fingerprint density at radius 2 is 2.04 bits per heavy atom. The fourth-order valence-electron chi connectivity index (χ4n) is 3.79. The summed E-state index contributed by atoms with van der Waals surface area (Å²) in [6, 6.07) is 4.70. The molecule has 25 heavy (non-hydrogen) atoms. The predicted octanol–water partition coefficient (Wildman–Crippen LogP) is 3.36. The van der Waals surface area contributed by atoms with E-state index >= 15 is 0 Å². The summed E-state index contributed by atoms with van der Waals surface area (Å²) in [7, 11) is 0. The molecular formula is C17H18INO6. The third-order valence-electron chi connectivity index (χ3n) is 6.02. The first-order chi connectivity index (χ1) is 11.5. The summed E-state index contributed by atoms with van der Waals surface area (Å²) >= 11 is 1.98. The molecule has 1 aromatic carbocycles. The number of carbonyl (C=O) groups excluding carboxylic acids is 2. The van der Waals surface area contributed by atoms with Crippen LogP contribution in [0.1, 0.15) is 39.2 Å². The van der Waals surface area contributed by atoms with E-state index in [0.717, 1.165) is 3.57 Å². The zero-order chi connectivity index (χ0) is 18.6. The van der Waals surface area contributed by atoms with Crippen molar-refractivity contribution in [3.8, 4) is 0 Å². The maximum atomic E-state index is 12.8. The van der Waals surface area contributed by atoms with Crippen molar-refractivity contribution in [1.29, 1.82) is 0 Å². The summed E-state index contributed by atoms with van der Waals surface area (Å²) in [5.74, 6) is -1.03. The van der Waals surface area contributed by atoms with Crippen molar-refractivity contribution in [2.45, 2.75) is 45.8 Å². The summed E-state index contributed by atoms with van der Waals surface area (Å²) < 4.78 is 11.6. The van der Waals surface area contributed by atoms with E-state index < -0.39 is 27.3 Å². The first kappa shape index (κ1) is 18.1. The molecule has 3 rings (SSSR count). The minimum absolute atomic E-state index is 0.101. The lowest BCUT2D eigenvalue weighted by Gasteiger charge is -2.34. The highest BCUT2D eigenvalue weighted by atomic mass is 127. The van der Waals surface area contributed by atoms with Crippen LogP contribution in [0, 0.1) is 24.5 Å². The molecule has 1 aliphatic carbocycles. The molecular weight excluding hydrogens is 441 g/mol. The lowest BCUT2D eigenvalue weighted by molar-refractivity contribution is -0.386. The number of esters is 2. The highest BCUT2D eigenvalue weighted by Gasteiger charge is 2.76. The summed E-state index contributed by atoms with van der Waals surface area (Å²) in [6.45, 7) is 5.23. The summed E-state index contributed by atoms with van der Waals surface area (Å²) in [5.41, 5.74) is -2.54. The van der Waals surface area contributed by atoms with Crippen LogP contribution in [0.4, 0.5) is 5.69 Å². The zero-order valence-corrected chi connectivity index (χ0v) is 16.3. The van der Waals surface area contributed by atoms with Gasteiger partial charge < -0.3 is 9.47 Å². The monoisotopic (exact) mass is 459 g/mol. The number of nitro benzene ring substituents is 1. The molecule has 2 bridgehead atoms. The Kier molecular flexibility index (Phi) is 4.09. The van der Waals surface area contributed by atoms with Gasteiger partial charge in [-0.3, -0.25) is 14.9 Å². The number of ether oxygens (including phenoxy) is 2. The molecule has 0 radical (unpaired) electrons. The molecule has 2 atom stereocenters. The first-order valence-corrected chi connectivity index (χ1v) is 8.96. The fraction of sp³-hybridized carbons (Fsp3) is 0.529. The zero-order valence-electron chi connectivity index (χ0n) is 14.1. The van der Waals surface area contributed by atoms with Crippen LogP contribution in [0.2, 0.25) is 0 Å². The topological polar surface area (TPSA) is 95.7 Å². The van der Waals surface area contributed by atoms with Crippen LogP contribution in [0.15, 0.2) is 18.2 Å². The van der Waals surface area contributed by atoms with Crippen LogP contribution < -0.4 is 0 Å². The smallest absolute Gasteiger partial charge is 0.351 e. The average Bonchev–Trinajstić information content (AvgIpc) is 2.83. The van der Waals surface area contributed by atoms with Gasteiger partial charge in [-0.05, 0) is 54.5 Å². The minimum Gasteiger partial charge on any atom is -0.458 e. The summed E-state index contributed by atoms with van der Waals surface area (Å²) in [5, 5.41) is 11.2. The molecule has 8 heteroatoms. The molecule has 134 valence electrons. The Bertz CT molecular complexity index is 791. The van der Waals surface area contributed by atoms with Crippen LogP contribution in [-0.4, -0.2) is 22.5 Å². The Morgan fingerprint density at radius 3 is 2.56 bits per heavy atom. The number of hydrogen-bond acceptors (Lipinski definition) is 6. The molecule has 7 nitrogen and oxygen atoms in total. The van der Waals surface area contributed by atoms with Gasteiger partial charge in [-0.25, -0.2) is 4.79 Å². The molecule has 1 heterocycles. The second-order valence-corrected chi connectivity index (χ2v) is 8.53. The quantitative estimate of drug-likeness (QED) is 0.297. The van der Waals surface area contributed by atoms with Crippen LogP contribution in [-0.2, 0) is 25.7 Å². The number of rotatable bonds is 4. The SMILES string of the molecule is CC1(C)[C@@]2(C)CC[C@]1(C(=O)OCc1ccc(I)cc1[N+](=O)[O-])OC2=O. The van der Waals surface area contributed by atoms with Crippen molar-refractivity contribution >= 4 is 40.2 Å². The predicted molar refractivity (Wildman–Crippen MR) is 95.6 cm³/mol. The van der Waals surface area contributed by atoms with Gasteiger partial charge in [0.1, 0.15) is 6.61 Å². The molecule has 2 aliphatic rings. The number of nitro groups is 1. The van der Waals surface area contributed by atoms with Crippen LogP contribution in [0.5, 0.6) is 0 Å². The molecule has 0 aromatic heterocycles. The normalized spacial score (nSPS) is 29.4. The van der Waals surface area contributed by atoms with E-state index in [0.29, 0.717) is 18.4 Å². The number of fused-ring (bicyclic) bond motifs is 2. The largest absolute Gasteiger partial charge is 0.458 e. The summed E-state index contributed by atoms with van der Waals surface area (Å²) in [4.78, 5) is 35.7. The second-order valence-electron chi connectivity index (χ2n) is 7.28. The van der Waals surface area contributed by atoms with Crippen molar-refractivity contribution in [3.05, 3.63) is 37.4 Å². The number of nitrogens with zero attached hydrogens (tertiary/aromatic N) is 1. The summed E-state index contributed by atoms with van der Waals surface area (Å²) in [6.07, 6.45) is 0.952. The Hall–Kier alpha value is -1.71. The molecule has 1 aromatic rings. The highest BCUT2D eigenvalue weighted by Crippen LogP contribution is 2.65. The third kappa shape index (κ3) is 2.37. The molecule has 0 amide bonds. The van der Waals surface area contributed by atoms with Gasteiger partial charge >= 0.3 is 11.9 Å². The van der Waals surface area contributed by atoms with E-state index in [1.807, 2.05) is 36.4 Å². The first-order valence-electron chi connectivity index (χ1n) is 7.89. The molecule has 1 saturated carbocycles. The molecule has 2 fully saturated rings. The Balaban J connectivity index is 1.83. The maximum absolute atomic E-state index is 12.8. The number of halogens is 1. The fourth-order valence-corrected chi connectivity index (χ4v) is 4.27. The number of benzene rings is 1. The van der Waals surface area contributed by atoms with Gasteiger partial charge in [-0.2, -0.15) is 0 Å². The molecule has 0 N–H and O–H groups in total. The van der Waals surface area contributed by atoms with E-state index in [-0.39, 0.29) is 18.3 Å². The van der Waals surface area contributed by atoms with Crippen LogP contribution in [0.25, 0.3) is 0 Å². The van der Waals surface area contributed by atoms with E-state index in [9.17, 15) is 19.7 Å². The lowest BCUT2D eigenvalue weighted by atomic mass is 9.66. The van der Waals surface area contributed by atoms with Crippen molar-refractivity contribution in [3.63, 3.8) is 0 Å². The number of hydrogen-bond donors (Lipinski definition) is 0. The second kappa shape index (κ2) is 5.65. The van der Waals surface area contributed by atoms with Crippen molar-refractivity contribution in [2.24, 2.45) is 10.8 Å². The van der Waals surface area contributed by atoms with Gasteiger partial charge in [0.05, 0.1) is 15.9 Å². The van der Waals surface area contributed by atoms with E-state index in [1.54, 1.807) is 19.1 Å². The minimum atomic E-state index is -1.32. The highest BCUT2D eigenvalue weighted by molar-refractivity contribution is 14.1. The molecule has 0 spiro atoms. The van der Waals surface area contributed by atoms with Crippen molar-refractivity contribution in [1.82, 2.24) is 0 Å². The van der Waals surface area contributed by atoms with Gasteiger partial charge in [0, 0.05) is 15.1 Å². The lowest BCUT2D eigenvalue weighted by Crippen LogP contribution is -2.48. The molecule has 1 saturated heterocycles. The van der Waals surface area contributed by atoms with Gasteiger partial charge in [-0.1, -0.05) is 13.8 Å². The standard InChI is InChI=1S/C17H18INO6/c1-15(2)16(3)6-7-17(15,25-13(16)20)14(21)24-9-10-4-5-11(18)8-12(10)19(22)23/h4-5,8H,6-7,9H2,1-3H3/t16-,17+/m0/s1.